The van der Waals surface area contributed by atoms with Gasteiger partial charge in [-0.25, -0.2) is 5.43 Å². The molecule has 0 atom stereocenters. The van der Waals surface area contributed by atoms with Gasteiger partial charge in [-0.1, -0.05) is 6.07 Å². The molecule has 160 valence electrons. The molecule has 1 aliphatic rings. The molecule has 0 radical (unpaired) electrons. The Hall–Kier alpha value is -2.86. The molecule has 3 rings (SSSR count). The topological polar surface area (TPSA) is 75.4 Å². The maximum Gasteiger partial charge on any atom is 0.277 e. The number of ether oxygens (including phenoxy) is 1. The molecule has 1 fully saturated rings. The fourth-order valence-corrected chi connectivity index (χ4v) is 3.65. The number of rotatable bonds is 7. The van der Waals surface area contributed by atoms with Gasteiger partial charge in [0.05, 0.1) is 18.8 Å². The summed E-state index contributed by atoms with van der Waals surface area (Å²) >= 11 is 0. The van der Waals surface area contributed by atoms with Gasteiger partial charge in [0.15, 0.2) is 6.61 Å². The van der Waals surface area contributed by atoms with E-state index in [0.717, 1.165) is 36.3 Å². The number of benzene rings is 2. The van der Waals surface area contributed by atoms with E-state index < -0.39 is 0 Å². The molecule has 0 bridgehead atoms. The predicted molar refractivity (Wildman–Crippen MR) is 118 cm³/mol. The molecule has 0 saturated carbocycles. The molecule has 1 amide bonds. The molecule has 0 unspecified atom stereocenters. The highest BCUT2D eigenvalue weighted by atomic mass is 16.5. The van der Waals surface area contributed by atoms with Crippen molar-refractivity contribution >= 4 is 11.6 Å². The van der Waals surface area contributed by atoms with Gasteiger partial charge in [-0.2, -0.15) is 5.10 Å². The first-order chi connectivity index (χ1) is 14.4. The second-order valence-corrected chi connectivity index (χ2v) is 8.10. The molecule has 2 aromatic rings. The Bertz CT molecular complexity index is 918. The summed E-state index contributed by atoms with van der Waals surface area (Å²) in [7, 11) is 0. The van der Waals surface area contributed by atoms with E-state index in [1.807, 2.05) is 51.1 Å². The molecular weight excluding hydrogens is 378 g/mol. The zero-order valence-corrected chi connectivity index (χ0v) is 18.1. The molecule has 0 spiro atoms. The molecule has 2 aromatic carbocycles. The summed E-state index contributed by atoms with van der Waals surface area (Å²) in [5, 5.41) is 14.4. The first kappa shape index (κ1) is 21.8. The monoisotopic (exact) mass is 410 g/mol. The van der Waals surface area contributed by atoms with E-state index in [-0.39, 0.29) is 12.5 Å². The van der Waals surface area contributed by atoms with E-state index in [2.05, 4.69) is 10.5 Å². The van der Waals surface area contributed by atoms with E-state index in [0.29, 0.717) is 17.2 Å². The first-order valence-electron chi connectivity index (χ1n) is 10.6. The summed E-state index contributed by atoms with van der Waals surface area (Å²) in [6.45, 7) is 8.89. The first-order valence-corrected chi connectivity index (χ1v) is 10.6. The van der Waals surface area contributed by atoms with Gasteiger partial charge in [-0.3, -0.25) is 4.79 Å². The van der Waals surface area contributed by atoms with Gasteiger partial charge in [0.25, 0.3) is 5.91 Å². The predicted octanol–water partition coefficient (Wildman–Crippen LogP) is 2.50. The molecule has 6 heteroatoms. The fourth-order valence-electron chi connectivity index (χ4n) is 3.65. The van der Waals surface area contributed by atoms with Gasteiger partial charge < -0.3 is 14.7 Å². The third kappa shape index (κ3) is 6.07. The SMILES string of the molecule is C/C(=N\NC(=O)COc1ccc(C)c(C)c1)c1ccc(O)c(C[NH+]2CCCCC2)c1. The molecule has 1 heterocycles. The third-order valence-corrected chi connectivity index (χ3v) is 5.69. The van der Waals surface area contributed by atoms with Crippen molar-refractivity contribution in [1.29, 1.82) is 0 Å². The summed E-state index contributed by atoms with van der Waals surface area (Å²) in [5.41, 5.74) is 7.34. The van der Waals surface area contributed by atoms with Crippen LogP contribution >= 0.6 is 0 Å². The lowest BCUT2D eigenvalue weighted by Gasteiger charge is -2.24. The highest BCUT2D eigenvalue weighted by Gasteiger charge is 2.16. The second kappa shape index (κ2) is 10.3. The van der Waals surface area contributed by atoms with Gasteiger partial charge >= 0.3 is 0 Å². The van der Waals surface area contributed by atoms with Crippen LogP contribution in [-0.2, 0) is 11.3 Å². The summed E-state index contributed by atoms with van der Waals surface area (Å²) < 4.78 is 5.54. The number of amides is 1. The highest BCUT2D eigenvalue weighted by molar-refractivity contribution is 5.99. The van der Waals surface area contributed by atoms with Crippen LogP contribution in [0.25, 0.3) is 0 Å². The lowest BCUT2D eigenvalue weighted by atomic mass is 10.0. The Kier molecular flexibility index (Phi) is 7.46. The maximum absolute atomic E-state index is 12.1. The average molecular weight is 411 g/mol. The molecule has 30 heavy (non-hydrogen) atoms. The van der Waals surface area contributed by atoms with Crippen LogP contribution in [0.5, 0.6) is 11.5 Å². The normalized spacial score (nSPS) is 15.1. The Balaban J connectivity index is 1.56. The minimum Gasteiger partial charge on any atom is -0.507 e. The average Bonchev–Trinajstić information content (AvgIpc) is 2.75. The van der Waals surface area contributed by atoms with Crippen LogP contribution in [0.1, 0.15) is 48.4 Å². The van der Waals surface area contributed by atoms with Crippen LogP contribution in [0.4, 0.5) is 0 Å². The van der Waals surface area contributed by atoms with Crippen molar-refractivity contribution in [2.75, 3.05) is 19.7 Å². The summed E-state index contributed by atoms with van der Waals surface area (Å²) in [4.78, 5) is 13.6. The molecule has 0 aromatic heterocycles. The lowest BCUT2D eigenvalue weighted by Crippen LogP contribution is -3.11. The zero-order chi connectivity index (χ0) is 21.5. The number of hydrogen-bond acceptors (Lipinski definition) is 4. The van der Waals surface area contributed by atoms with Crippen LogP contribution in [0, 0.1) is 13.8 Å². The number of phenols is 1. The number of phenolic OH excluding ortho intramolecular Hbond substituents is 1. The number of aromatic hydroxyl groups is 1. The van der Waals surface area contributed by atoms with Crippen molar-refractivity contribution < 1.29 is 19.5 Å². The number of quaternary nitrogens is 1. The number of carbonyl (C=O) groups excluding carboxylic acids is 1. The number of carbonyl (C=O) groups is 1. The minimum atomic E-state index is -0.315. The smallest absolute Gasteiger partial charge is 0.277 e. The quantitative estimate of drug-likeness (QED) is 0.485. The van der Waals surface area contributed by atoms with Crippen molar-refractivity contribution in [3.8, 4) is 11.5 Å². The Labute approximate surface area is 178 Å². The van der Waals surface area contributed by atoms with E-state index in [1.54, 1.807) is 6.07 Å². The van der Waals surface area contributed by atoms with Gasteiger partial charge in [-0.15, -0.1) is 0 Å². The summed E-state index contributed by atoms with van der Waals surface area (Å²) in [5.74, 6) is 0.664. The zero-order valence-electron chi connectivity index (χ0n) is 18.1. The number of piperidine rings is 1. The standard InChI is InChI=1S/C24H31N3O3/c1-17-7-9-22(13-18(17)2)30-16-24(29)26-25-19(3)20-8-10-23(28)21(14-20)15-27-11-5-4-6-12-27/h7-10,13-14,28H,4-6,11-12,15-16H2,1-3H3,(H,26,29)/p+1/b25-19+. The van der Waals surface area contributed by atoms with Gasteiger partial charge in [0.2, 0.25) is 0 Å². The van der Waals surface area contributed by atoms with Crippen molar-refractivity contribution in [2.24, 2.45) is 5.10 Å². The van der Waals surface area contributed by atoms with Gasteiger partial charge in [0.1, 0.15) is 18.0 Å². The Morgan fingerprint density at radius 2 is 1.87 bits per heavy atom. The highest BCUT2D eigenvalue weighted by Crippen LogP contribution is 2.19. The minimum absolute atomic E-state index is 0.0988. The molecule has 0 aliphatic carbocycles. The number of hydrogen-bond donors (Lipinski definition) is 3. The van der Waals surface area contributed by atoms with Crippen LogP contribution in [0.2, 0.25) is 0 Å². The van der Waals surface area contributed by atoms with Crippen LogP contribution in [0.3, 0.4) is 0 Å². The molecule has 3 N–H and O–H groups in total. The number of likely N-dealkylation sites (tertiary alicyclic amines) is 1. The van der Waals surface area contributed by atoms with Crippen LogP contribution < -0.4 is 15.1 Å². The van der Waals surface area contributed by atoms with Crippen LogP contribution in [0.15, 0.2) is 41.5 Å². The number of nitrogens with zero attached hydrogens (tertiary/aromatic N) is 1. The Morgan fingerprint density at radius 1 is 1.10 bits per heavy atom. The number of hydrazone groups is 1. The lowest BCUT2D eigenvalue weighted by molar-refractivity contribution is -0.918. The number of aryl methyl sites for hydroxylation is 2. The van der Waals surface area contributed by atoms with Crippen molar-refractivity contribution in [3.05, 3.63) is 58.7 Å². The molecule has 6 nitrogen and oxygen atoms in total. The molecule has 1 saturated heterocycles. The van der Waals surface area contributed by atoms with Crippen LogP contribution in [-0.4, -0.2) is 36.4 Å². The summed E-state index contributed by atoms with van der Waals surface area (Å²) in [6.07, 6.45) is 3.79. The van der Waals surface area contributed by atoms with Gasteiger partial charge in [-0.05, 0) is 87.1 Å². The molecule has 1 aliphatic heterocycles. The summed E-state index contributed by atoms with van der Waals surface area (Å²) in [6, 6.07) is 11.2. The maximum atomic E-state index is 12.1. The van der Waals surface area contributed by atoms with Crippen molar-refractivity contribution in [2.45, 2.75) is 46.6 Å². The van der Waals surface area contributed by atoms with E-state index >= 15 is 0 Å². The van der Waals surface area contributed by atoms with Crippen molar-refractivity contribution in [1.82, 2.24) is 5.43 Å². The number of nitrogens with one attached hydrogen (secondary N) is 2. The van der Waals surface area contributed by atoms with Gasteiger partial charge in [0, 0.05) is 5.56 Å². The second-order valence-electron chi connectivity index (χ2n) is 8.10. The van der Waals surface area contributed by atoms with Crippen molar-refractivity contribution in [3.63, 3.8) is 0 Å². The van der Waals surface area contributed by atoms with E-state index in [1.165, 1.54) is 29.7 Å². The third-order valence-electron chi connectivity index (χ3n) is 5.69. The Morgan fingerprint density at radius 3 is 2.60 bits per heavy atom. The van der Waals surface area contributed by atoms with E-state index in [9.17, 15) is 9.90 Å². The largest absolute Gasteiger partial charge is 0.507 e. The molecular formula is C24H32N3O3+. The fraction of sp³-hybridized carbons (Fsp3) is 0.417. The van der Waals surface area contributed by atoms with E-state index in [4.69, 9.17) is 4.74 Å².